The van der Waals surface area contributed by atoms with E-state index in [9.17, 15) is 0 Å². The molecule has 4 heteroatoms. The molecule has 0 atom stereocenters. The first-order valence-electron chi connectivity index (χ1n) is 4.85. The Morgan fingerprint density at radius 2 is 2.13 bits per heavy atom. The van der Waals surface area contributed by atoms with E-state index in [0.717, 1.165) is 11.1 Å². The number of anilines is 1. The molecule has 0 aliphatic carbocycles. The predicted molar refractivity (Wildman–Crippen MR) is 59.1 cm³/mol. The van der Waals surface area contributed by atoms with Crippen LogP contribution in [0.15, 0.2) is 16.5 Å². The molecule has 0 unspecified atom stereocenters. The molecule has 2 rings (SSSR count). The summed E-state index contributed by atoms with van der Waals surface area (Å²) in [5, 5.41) is 0. The quantitative estimate of drug-likeness (QED) is 0.820. The third-order valence-corrected chi connectivity index (χ3v) is 2.38. The van der Waals surface area contributed by atoms with Crippen LogP contribution in [0.25, 0.3) is 11.1 Å². The number of ether oxygens (including phenoxy) is 1. The molecule has 1 heterocycles. The average molecular weight is 206 g/mol. The second-order valence-electron chi connectivity index (χ2n) is 3.78. The highest BCUT2D eigenvalue weighted by atomic mass is 16.5. The smallest absolute Gasteiger partial charge is 0.293 e. The molecule has 1 aromatic carbocycles. The Labute approximate surface area is 88.0 Å². The molecule has 4 nitrogen and oxygen atoms in total. The van der Waals surface area contributed by atoms with E-state index in [4.69, 9.17) is 14.9 Å². The normalized spacial score (nSPS) is 11.2. The van der Waals surface area contributed by atoms with Crippen LogP contribution >= 0.6 is 0 Å². The number of oxazole rings is 1. The minimum atomic E-state index is 0.171. The van der Waals surface area contributed by atoms with Gasteiger partial charge in [-0.25, -0.2) is 0 Å². The Bertz CT molecular complexity index is 489. The molecule has 0 saturated heterocycles. The number of aromatic nitrogens is 1. The standard InChI is InChI=1S/C11H14N2O2/c1-6(2)7-4-8-10(9(5-7)14-3)15-11(12)13-8/h4-6H,1-3H3,(H2,12,13). The topological polar surface area (TPSA) is 61.3 Å². The van der Waals surface area contributed by atoms with Gasteiger partial charge in [-0.2, -0.15) is 4.98 Å². The van der Waals surface area contributed by atoms with Gasteiger partial charge in [0.25, 0.3) is 6.01 Å². The van der Waals surface area contributed by atoms with Crippen LogP contribution in [-0.2, 0) is 0 Å². The van der Waals surface area contributed by atoms with Crippen molar-refractivity contribution >= 4 is 17.1 Å². The zero-order valence-electron chi connectivity index (χ0n) is 9.07. The van der Waals surface area contributed by atoms with Gasteiger partial charge in [0.05, 0.1) is 7.11 Å². The molecule has 0 aliphatic heterocycles. The molecule has 0 amide bonds. The van der Waals surface area contributed by atoms with E-state index in [-0.39, 0.29) is 6.01 Å². The number of nitrogens with zero attached hydrogens (tertiary/aromatic N) is 1. The highest BCUT2D eigenvalue weighted by molar-refractivity contribution is 5.81. The summed E-state index contributed by atoms with van der Waals surface area (Å²) < 4.78 is 10.5. The minimum Gasteiger partial charge on any atom is -0.493 e. The van der Waals surface area contributed by atoms with Crippen molar-refractivity contribution < 1.29 is 9.15 Å². The van der Waals surface area contributed by atoms with E-state index in [1.165, 1.54) is 0 Å². The van der Waals surface area contributed by atoms with Crippen LogP contribution in [-0.4, -0.2) is 12.1 Å². The van der Waals surface area contributed by atoms with Crippen molar-refractivity contribution in [2.45, 2.75) is 19.8 Å². The van der Waals surface area contributed by atoms with Crippen molar-refractivity contribution in [3.63, 3.8) is 0 Å². The monoisotopic (exact) mass is 206 g/mol. The first-order valence-corrected chi connectivity index (χ1v) is 4.85. The van der Waals surface area contributed by atoms with Crippen molar-refractivity contribution in [1.82, 2.24) is 4.98 Å². The van der Waals surface area contributed by atoms with Gasteiger partial charge in [-0.05, 0) is 23.6 Å². The molecule has 15 heavy (non-hydrogen) atoms. The lowest BCUT2D eigenvalue weighted by Crippen LogP contribution is -1.90. The van der Waals surface area contributed by atoms with Crippen LogP contribution in [0.2, 0.25) is 0 Å². The maximum Gasteiger partial charge on any atom is 0.293 e. The average Bonchev–Trinajstić information content (AvgIpc) is 2.56. The summed E-state index contributed by atoms with van der Waals surface area (Å²) in [7, 11) is 1.61. The molecular formula is C11H14N2O2. The molecule has 0 saturated carbocycles. The number of benzene rings is 1. The third-order valence-electron chi connectivity index (χ3n) is 2.38. The van der Waals surface area contributed by atoms with Crippen molar-refractivity contribution in [3.05, 3.63) is 17.7 Å². The molecule has 80 valence electrons. The Hall–Kier alpha value is -1.71. The van der Waals surface area contributed by atoms with Crippen LogP contribution in [0.3, 0.4) is 0 Å². The van der Waals surface area contributed by atoms with Gasteiger partial charge in [-0.15, -0.1) is 0 Å². The number of fused-ring (bicyclic) bond motifs is 1. The third kappa shape index (κ3) is 1.63. The van der Waals surface area contributed by atoms with Gasteiger partial charge in [0.2, 0.25) is 0 Å². The molecule has 0 fully saturated rings. The zero-order chi connectivity index (χ0) is 11.0. The van der Waals surface area contributed by atoms with Crippen LogP contribution < -0.4 is 10.5 Å². The summed E-state index contributed by atoms with van der Waals surface area (Å²) in [5.74, 6) is 1.10. The van der Waals surface area contributed by atoms with Gasteiger partial charge in [0.15, 0.2) is 11.3 Å². The molecule has 2 N–H and O–H groups in total. The van der Waals surface area contributed by atoms with Crippen molar-refractivity contribution in [2.75, 3.05) is 12.8 Å². The summed E-state index contributed by atoms with van der Waals surface area (Å²) in [4.78, 5) is 4.10. The number of nitrogen functional groups attached to an aromatic ring is 1. The first-order chi connectivity index (χ1) is 7.11. The number of hydrogen-bond donors (Lipinski definition) is 1. The minimum absolute atomic E-state index is 0.171. The van der Waals surface area contributed by atoms with E-state index >= 15 is 0 Å². The second-order valence-corrected chi connectivity index (χ2v) is 3.78. The lowest BCUT2D eigenvalue weighted by atomic mass is 10.0. The van der Waals surface area contributed by atoms with Crippen LogP contribution in [0.5, 0.6) is 5.75 Å². The molecule has 0 radical (unpaired) electrons. The number of rotatable bonds is 2. The fraction of sp³-hybridized carbons (Fsp3) is 0.364. The lowest BCUT2D eigenvalue weighted by molar-refractivity contribution is 0.410. The van der Waals surface area contributed by atoms with Gasteiger partial charge in [0.1, 0.15) is 5.52 Å². The highest BCUT2D eigenvalue weighted by Gasteiger charge is 2.12. The summed E-state index contributed by atoms with van der Waals surface area (Å²) in [6.45, 7) is 4.23. The maximum atomic E-state index is 5.51. The summed E-state index contributed by atoms with van der Waals surface area (Å²) >= 11 is 0. The van der Waals surface area contributed by atoms with E-state index < -0.39 is 0 Å². The maximum absolute atomic E-state index is 5.51. The Morgan fingerprint density at radius 1 is 1.40 bits per heavy atom. The summed E-state index contributed by atoms with van der Waals surface area (Å²) in [6, 6.07) is 4.10. The molecule has 0 bridgehead atoms. The van der Waals surface area contributed by atoms with Gasteiger partial charge in [-0.1, -0.05) is 13.8 Å². The van der Waals surface area contributed by atoms with Gasteiger partial charge < -0.3 is 14.9 Å². The Balaban J connectivity index is 2.70. The van der Waals surface area contributed by atoms with Crippen molar-refractivity contribution in [2.24, 2.45) is 0 Å². The number of hydrogen-bond acceptors (Lipinski definition) is 4. The van der Waals surface area contributed by atoms with Crippen molar-refractivity contribution in [3.8, 4) is 5.75 Å². The van der Waals surface area contributed by atoms with Crippen LogP contribution in [0.4, 0.5) is 6.01 Å². The SMILES string of the molecule is COc1cc(C(C)C)cc2nc(N)oc12. The zero-order valence-corrected chi connectivity index (χ0v) is 9.07. The molecule has 2 aromatic rings. The fourth-order valence-corrected chi connectivity index (χ4v) is 1.52. The second kappa shape index (κ2) is 3.46. The van der Waals surface area contributed by atoms with Gasteiger partial charge in [-0.3, -0.25) is 0 Å². The first kappa shape index (κ1) is 9.83. The van der Waals surface area contributed by atoms with Crippen LogP contribution in [0, 0.1) is 0 Å². The summed E-state index contributed by atoms with van der Waals surface area (Å²) in [6.07, 6.45) is 0. The van der Waals surface area contributed by atoms with E-state index in [1.54, 1.807) is 7.11 Å². The molecule has 1 aromatic heterocycles. The Morgan fingerprint density at radius 3 is 2.73 bits per heavy atom. The number of methoxy groups -OCH3 is 1. The van der Waals surface area contributed by atoms with Gasteiger partial charge in [0, 0.05) is 0 Å². The van der Waals surface area contributed by atoms with E-state index in [0.29, 0.717) is 17.3 Å². The van der Waals surface area contributed by atoms with E-state index in [1.807, 2.05) is 12.1 Å². The predicted octanol–water partition coefficient (Wildman–Crippen LogP) is 2.54. The van der Waals surface area contributed by atoms with Gasteiger partial charge >= 0.3 is 0 Å². The Kier molecular flexibility index (Phi) is 2.26. The summed E-state index contributed by atoms with van der Waals surface area (Å²) in [5.41, 5.74) is 8.02. The molecule has 0 spiro atoms. The van der Waals surface area contributed by atoms with E-state index in [2.05, 4.69) is 18.8 Å². The van der Waals surface area contributed by atoms with Crippen LogP contribution in [0.1, 0.15) is 25.3 Å². The molecular weight excluding hydrogens is 192 g/mol. The lowest BCUT2D eigenvalue weighted by Gasteiger charge is -2.07. The highest BCUT2D eigenvalue weighted by Crippen LogP contribution is 2.31. The number of nitrogens with two attached hydrogens (primary N) is 1. The molecule has 0 aliphatic rings. The fourth-order valence-electron chi connectivity index (χ4n) is 1.52. The van der Waals surface area contributed by atoms with Crippen molar-refractivity contribution in [1.29, 1.82) is 0 Å². The largest absolute Gasteiger partial charge is 0.493 e.